The fraction of sp³-hybridized carbons (Fsp3) is 0.333. The average molecular weight is 357 g/mol. The van der Waals surface area contributed by atoms with Crippen LogP contribution >= 0.6 is 0 Å². The topological polar surface area (TPSA) is 70.6 Å². The van der Waals surface area contributed by atoms with Crippen LogP contribution in [-0.4, -0.2) is 48.1 Å². The maximum Gasteiger partial charge on any atom is 0.243 e. The van der Waals surface area contributed by atoms with Crippen molar-refractivity contribution in [3.8, 4) is 0 Å². The van der Waals surface area contributed by atoms with E-state index in [-0.39, 0.29) is 29.2 Å². The normalized spacial score (nSPS) is 23.8. The lowest BCUT2D eigenvalue weighted by atomic mass is 10.0. The van der Waals surface area contributed by atoms with Gasteiger partial charge in [0.2, 0.25) is 15.9 Å². The van der Waals surface area contributed by atoms with Crippen molar-refractivity contribution in [1.82, 2.24) is 14.2 Å². The fourth-order valence-corrected chi connectivity index (χ4v) is 5.24. The molecule has 0 radical (unpaired) electrons. The van der Waals surface area contributed by atoms with E-state index in [1.165, 1.54) is 4.31 Å². The molecular weight excluding hydrogens is 338 g/mol. The molecule has 0 saturated carbocycles. The van der Waals surface area contributed by atoms with E-state index in [9.17, 15) is 13.2 Å². The Balaban J connectivity index is 1.47. The van der Waals surface area contributed by atoms with E-state index in [0.29, 0.717) is 19.6 Å². The molecule has 0 aliphatic carbocycles. The molecule has 3 heterocycles. The molecule has 25 heavy (non-hydrogen) atoms. The van der Waals surface area contributed by atoms with Crippen LogP contribution in [0.15, 0.2) is 59.8 Å². The summed E-state index contributed by atoms with van der Waals surface area (Å²) in [6.07, 6.45) is 3.46. The molecule has 0 bridgehead atoms. The van der Waals surface area contributed by atoms with Gasteiger partial charge in [-0.3, -0.25) is 9.78 Å². The van der Waals surface area contributed by atoms with Gasteiger partial charge in [0.1, 0.15) is 0 Å². The van der Waals surface area contributed by atoms with Crippen molar-refractivity contribution in [2.24, 2.45) is 11.8 Å². The first-order valence-electron chi connectivity index (χ1n) is 8.28. The largest absolute Gasteiger partial charge is 0.338 e. The zero-order chi connectivity index (χ0) is 17.4. The molecule has 7 heteroatoms. The number of likely N-dealkylation sites (tertiary alicyclic amines) is 1. The number of rotatable bonds is 4. The molecule has 1 amide bonds. The highest BCUT2D eigenvalue weighted by atomic mass is 32.2. The van der Waals surface area contributed by atoms with Gasteiger partial charge in [0.15, 0.2) is 0 Å². The Kier molecular flexibility index (Phi) is 4.05. The van der Waals surface area contributed by atoms with Crippen LogP contribution in [0.2, 0.25) is 0 Å². The Hall–Kier alpha value is -2.25. The molecule has 0 spiro atoms. The monoisotopic (exact) mass is 357 g/mol. The van der Waals surface area contributed by atoms with Crippen molar-refractivity contribution in [3.05, 3.63) is 60.4 Å². The number of carbonyl (C=O) groups is 1. The molecule has 0 N–H and O–H groups in total. The van der Waals surface area contributed by atoms with E-state index in [1.807, 2.05) is 17.0 Å². The van der Waals surface area contributed by atoms with Crippen LogP contribution < -0.4 is 0 Å². The quantitative estimate of drug-likeness (QED) is 0.828. The molecule has 2 fully saturated rings. The van der Waals surface area contributed by atoms with Crippen molar-refractivity contribution in [2.45, 2.75) is 11.4 Å². The summed E-state index contributed by atoms with van der Waals surface area (Å²) in [6.45, 7) is 1.80. The molecule has 2 aromatic rings. The second kappa shape index (κ2) is 6.24. The summed E-state index contributed by atoms with van der Waals surface area (Å²) in [5.41, 5.74) is 0.990. The Morgan fingerprint density at radius 1 is 1.04 bits per heavy atom. The summed E-state index contributed by atoms with van der Waals surface area (Å²) in [6, 6.07) is 12.2. The van der Waals surface area contributed by atoms with Gasteiger partial charge < -0.3 is 4.90 Å². The van der Waals surface area contributed by atoms with Gasteiger partial charge in [-0.05, 0) is 23.8 Å². The Bertz CT molecular complexity index is 871. The minimum Gasteiger partial charge on any atom is -0.338 e. The van der Waals surface area contributed by atoms with Crippen LogP contribution in [0, 0.1) is 11.8 Å². The van der Waals surface area contributed by atoms with E-state index >= 15 is 0 Å². The number of amides is 1. The van der Waals surface area contributed by atoms with Gasteiger partial charge in [0.05, 0.1) is 10.8 Å². The summed E-state index contributed by atoms with van der Waals surface area (Å²) >= 11 is 0. The minimum absolute atomic E-state index is 0.0413. The molecular formula is C18H19N3O3S. The van der Waals surface area contributed by atoms with Gasteiger partial charge in [-0.2, -0.15) is 4.31 Å². The molecule has 2 atom stereocenters. The predicted octanol–water partition coefficient (Wildman–Crippen LogP) is 1.36. The molecule has 6 nitrogen and oxygen atoms in total. The van der Waals surface area contributed by atoms with E-state index in [1.54, 1.807) is 42.7 Å². The summed E-state index contributed by atoms with van der Waals surface area (Å²) < 4.78 is 26.9. The van der Waals surface area contributed by atoms with Crippen LogP contribution in [0.1, 0.15) is 5.56 Å². The minimum atomic E-state index is -3.53. The zero-order valence-electron chi connectivity index (χ0n) is 13.7. The third kappa shape index (κ3) is 2.94. The lowest BCUT2D eigenvalue weighted by Gasteiger charge is -2.21. The van der Waals surface area contributed by atoms with Gasteiger partial charge in [-0.25, -0.2) is 8.42 Å². The molecule has 2 aliphatic heterocycles. The number of fused-ring (bicyclic) bond motifs is 1. The molecule has 0 unspecified atom stereocenters. The zero-order valence-corrected chi connectivity index (χ0v) is 14.5. The van der Waals surface area contributed by atoms with E-state index in [2.05, 4.69) is 4.98 Å². The van der Waals surface area contributed by atoms with Gasteiger partial charge in [0.25, 0.3) is 0 Å². The van der Waals surface area contributed by atoms with Crippen LogP contribution in [0.3, 0.4) is 0 Å². The number of carbonyl (C=O) groups excluding carboxylic acids is 1. The second-order valence-electron chi connectivity index (χ2n) is 6.58. The van der Waals surface area contributed by atoms with E-state index in [0.717, 1.165) is 5.56 Å². The Morgan fingerprint density at radius 3 is 2.52 bits per heavy atom. The molecule has 1 aromatic heterocycles. The third-order valence-electron chi connectivity index (χ3n) is 4.97. The highest BCUT2D eigenvalue weighted by Gasteiger charge is 2.49. The SMILES string of the molecule is O=C1[C@@H]2CN(S(=O)(=O)c3ccccc3)C[C@@H]2CN1Cc1cccnc1. The molecule has 2 saturated heterocycles. The Morgan fingerprint density at radius 2 is 1.84 bits per heavy atom. The first-order chi connectivity index (χ1) is 12.1. The number of hydrogen-bond acceptors (Lipinski definition) is 4. The van der Waals surface area contributed by atoms with Crippen LogP contribution in [0.5, 0.6) is 0 Å². The van der Waals surface area contributed by atoms with Crippen molar-refractivity contribution < 1.29 is 13.2 Å². The average Bonchev–Trinajstić information content (AvgIpc) is 3.17. The molecule has 4 rings (SSSR count). The van der Waals surface area contributed by atoms with Crippen LogP contribution in [0.25, 0.3) is 0 Å². The highest BCUT2D eigenvalue weighted by molar-refractivity contribution is 7.89. The first-order valence-corrected chi connectivity index (χ1v) is 9.72. The van der Waals surface area contributed by atoms with Crippen molar-refractivity contribution >= 4 is 15.9 Å². The second-order valence-corrected chi connectivity index (χ2v) is 8.52. The van der Waals surface area contributed by atoms with Crippen molar-refractivity contribution in [2.75, 3.05) is 19.6 Å². The fourth-order valence-electron chi connectivity index (χ4n) is 3.70. The first kappa shape index (κ1) is 16.2. The van der Waals surface area contributed by atoms with Gasteiger partial charge in [-0.15, -0.1) is 0 Å². The number of sulfonamides is 1. The highest BCUT2D eigenvalue weighted by Crippen LogP contribution is 2.35. The molecule has 130 valence electrons. The lowest BCUT2D eigenvalue weighted by molar-refractivity contribution is -0.131. The van der Waals surface area contributed by atoms with Gasteiger partial charge in [0, 0.05) is 44.5 Å². The van der Waals surface area contributed by atoms with Gasteiger partial charge >= 0.3 is 0 Å². The Labute approximate surface area is 147 Å². The van der Waals surface area contributed by atoms with Crippen molar-refractivity contribution in [1.29, 1.82) is 0 Å². The summed E-state index contributed by atoms with van der Waals surface area (Å²) in [5.74, 6) is -0.141. The van der Waals surface area contributed by atoms with E-state index in [4.69, 9.17) is 0 Å². The molecule has 2 aliphatic rings. The summed E-state index contributed by atoms with van der Waals surface area (Å²) in [4.78, 5) is 18.9. The number of nitrogens with zero attached hydrogens (tertiary/aromatic N) is 3. The van der Waals surface area contributed by atoms with Gasteiger partial charge in [-0.1, -0.05) is 24.3 Å². The summed E-state index contributed by atoms with van der Waals surface area (Å²) in [7, 11) is -3.53. The van der Waals surface area contributed by atoms with Crippen LogP contribution in [0.4, 0.5) is 0 Å². The maximum absolute atomic E-state index is 12.7. The number of aromatic nitrogens is 1. The molecule has 1 aromatic carbocycles. The maximum atomic E-state index is 12.7. The third-order valence-corrected chi connectivity index (χ3v) is 6.81. The number of hydrogen-bond donors (Lipinski definition) is 0. The smallest absolute Gasteiger partial charge is 0.243 e. The van der Waals surface area contributed by atoms with E-state index < -0.39 is 10.0 Å². The number of pyridine rings is 1. The van der Waals surface area contributed by atoms with Crippen LogP contribution in [-0.2, 0) is 21.4 Å². The summed E-state index contributed by atoms with van der Waals surface area (Å²) in [5, 5.41) is 0. The standard InChI is InChI=1S/C18H19N3O3S/c22-18-17-13-21(25(23,24)16-6-2-1-3-7-16)12-15(17)11-20(18)10-14-5-4-8-19-9-14/h1-9,15,17H,10-13H2/t15-,17+/m0/s1. The number of benzene rings is 1. The predicted molar refractivity (Wildman–Crippen MR) is 91.8 cm³/mol. The lowest BCUT2D eigenvalue weighted by Crippen LogP contribution is -2.35. The van der Waals surface area contributed by atoms with Crippen molar-refractivity contribution in [3.63, 3.8) is 0 Å².